The summed E-state index contributed by atoms with van der Waals surface area (Å²) in [5.41, 5.74) is -0.493. The lowest BCUT2D eigenvalue weighted by Gasteiger charge is -2.40. The van der Waals surface area contributed by atoms with Gasteiger partial charge in [0.05, 0.1) is 12.5 Å². The maximum Gasteiger partial charge on any atom is 0.410 e. The van der Waals surface area contributed by atoms with Gasteiger partial charge >= 0.3 is 6.09 Å². The minimum absolute atomic E-state index is 0.00942. The zero-order chi connectivity index (χ0) is 16.3. The Morgan fingerprint density at radius 3 is 2.55 bits per heavy atom. The predicted octanol–water partition coefficient (Wildman–Crippen LogP) is 2.02. The van der Waals surface area contributed by atoms with Gasteiger partial charge in [-0.3, -0.25) is 4.79 Å². The van der Waals surface area contributed by atoms with Gasteiger partial charge in [-0.1, -0.05) is 0 Å². The van der Waals surface area contributed by atoms with Crippen LogP contribution in [0.15, 0.2) is 0 Å². The predicted molar refractivity (Wildman–Crippen MR) is 82.6 cm³/mol. The molecule has 2 rings (SSSR count). The van der Waals surface area contributed by atoms with Crippen LogP contribution in [-0.2, 0) is 14.3 Å². The van der Waals surface area contributed by atoms with Gasteiger partial charge in [0.1, 0.15) is 5.60 Å². The molecule has 0 aliphatic carbocycles. The number of carbonyl (C=O) groups is 2. The van der Waals surface area contributed by atoms with Crippen LogP contribution in [0.1, 0.15) is 47.0 Å². The molecule has 2 atom stereocenters. The van der Waals surface area contributed by atoms with Gasteiger partial charge in [-0.15, -0.1) is 0 Å². The van der Waals surface area contributed by atoms with Crippen molar-refractivity contribution in [3.05, 3.63) is 0 Å². The standard InChI is InChI=1S/C16H28N2O4/c1-12-11-17(15(20)22-16(2,3)4)7-8-18(12)14(19)10-13-6-5-9-21-13/h12-13H,5-11H2,1-4H3/t12-,13-/m0/s1. The molecule has 2 saturated heterocycles. The molecule has 0 saturated carbocycles. The maximum atomic E-state index is 12.4. The second kappa shape index (κ2) is 6.86. The third-order valence-corrected chi connectivity index (χ3v) is 4.03. The average Bonchev–Trinajstić information content (AvgIpc) is 2.89. The quantitative estimate of drug-likeness (QED) is 0.783. The van der Waals surface area contributed by atoms with Crippen LogP contribution in [0.3, 0.4) is 0 Å². The second-order valence-corrected chi connectivity index (χ2v) is 7.20. The van der Waals surface area contributed by atoms with Gasteiger partial charge in [0.15, 0.2) is 0 Å². The normalized spacial score (nSPS) is 26.2. The van der Waals surface area contributed by atoms with Crippen molar-refractivity contribution in [3.63, 3.8) is 0 Å². The van der Waals surface area contributed by atoms with Crippen LogP contribution in [0.5, 0.6) is 0 Å². The summed E-state index contributed by atoms with van der Waals surface area (Å²) in [5.74, 6) is 0.128. The first-order valence-electron chi connectivity index (χ1n) is 8.15. The molecule has 126 valence electrons. The number of piperazine rings is 1. The Labute approximate surface area is 132 Å². The molecule has 0 aromatic heterocycles. The molecule has 0 radical (unpaired) electrons. The number of rotatable bonds is 2. The Balaban J connectivity index is 1.84. The van der Waals surface area contributed by atoms with Gasteiger partial charge in [-0.25, -0.2) is 4.79 Å². The van der Waals surface area contributed by atoms with E-state index in [2.05, 4.69) is 0 Å². The van der Waals surface area contributed by atoms with Gasteiger partial charge in [0, 0.05) is 32.3 Å². The molecule has 0 N–H and O–H groups in total. The molecule has 2 heterocycles. The molecule has 2 fully saturated rings. The molecule has 2 aliphatic rings. The van der Waals surface area contributed by atoms with Crippen molar-refractivity contribution < 1.29 is 19.1 Å². The van der Waals surface area contributed by atoms with Crippen LogP contribution in [0.25, 0.3) is 0 Å². The van der Waals surface area contributed by atoms with Gasteiger partial charge in [-0.05, 0) is 40.5 Å². The van der Waals surface area contributed by atoms with Crippen LogP contribution in [0.2, 0.25) is 0 Å². The topological polar surface area (TPSA) is 59.1 Å². The first-order chi connectivity index (χ1) is 10.3. The SMILES string of the molecule is C[C@H]1CN(C(=O)OC(C)(C)C)CCN1C(=O)C[C@@H]1CCCO1. The molecule has 0 aromatic rings. The Bertz CT molecular complexity index is 413. The number of ether oxygens (including phenoxy) is 2. The summed E-state index contributed by atoms with van der Waals surface area (Å²) in [5, 5.41) is 0. The lowest BCUT2D eigenvalue weighted by molar-refractivity contribution is -0.138. The second-order valence-electron chi connectivity index (χ2n) is 7.20. The lowest BCUT2D eigenvalue weighted by Crippen LogP contribution is -2.56. The minimum atomic E-state index is -0.493. The molecule has 6 heteroatoms. The zero-order valence-electron chi connectivity index (χ0n) is 14.1. The highest BCUT2D eigenvalue weighted by atomic mass is 16.6. The van der Waals surface area contributed by atoms with Gasteiger partial charge < -0.3 is 19.3 Å². The fourth-order valence-corrected chi connectivity index (χ4v) is 2.94. The third kappa shape index (κ3) is 4.60. The molecule has 6 nitrogen and oxygen atoms in total. The fourth-order valence-electron chi connectivity index (χ4n) is 2.94. The molecule has 0 bridgehead atoms. The summed E-state index contributed by atoms with van der Waals surface area (Å²) in [6, 6.07) is 0.00942. The summed E-state index contributed by atoms with van der Waals surface area (Å²) < 4.78 is 10.9. The summed E-state index contributed by atoms with van der Waals surface area (Å²) >= 11 is 0. The van der Waals surface area contributed by atoms with Crippen LogP contribution in [0.4, 0.5) is 4.79 Å². The summed E-state index contributed by atoms with van der Waals surface area (Å²) in [6.45, 7) is 9.92. The number of carbonyl (C=O) groups excluding carboxylic acids is 2. The largest absolute Gasteiger partial charge is 0.444 e. The van der Waals surface area contributed by atoms with Crippen LogP contribution < -0.4 is 0 Å². The van der Waals surface area contributed by atoms with E-state index in [-0.39, 0.29) is 24.1 Å². The smallest absolute Gasteiger partial charge is 0.410 e. The first-order valence-corrected chi connectivity index (χ1v) is 8.15. The molecule has 0 spiro atoms. The first kappa shape index (κ1) is 17.1. The number of nitrogens with zero attached hydrogens (tertiary/aromatic N) is 2. The summed E-state index contributed by atoms with van der Waals surface area (Å²) in [4.78, 5) is 28.0. The van der Waals surface area contributed by atoms with E-state index in [0.717, 1.165) is 19.4 Å². The number of hydrogen-bond donors (Lipinski definition) is 0. The van der Waals surface area contributed by atoms with E-state index in [1.807, 2.05) is 32.6 Å². The van der Waals surface area contributed by atoms with E-state index in [1.54, 1.807) is 4.90 Å². The summed E-state index contributed by atoms with van der Waals surface area (Å²) in [7, 11) is 0. The molecule has 0 aromatic carbocycles. The van der Waals surface area contributed by atoms with Crippen molar-refractivity contribution in [2.24, 2.45) is 0 Å². The molecule has 2 aliphatic heterocycles. The molecule has 22 heavy (non-hydrogen) atoms. The molecule has 0 unspecified atom stereocenters. The Morgan fingerprint density at radius 1 is 1.27 bits per heavy atom. The van der Waals surface area contributed by atoms with E-state index in [0.29, 0.717) is 26.1 Å². The Hall–Kier alpha value is -1.30. The minimum Gasteiger partial charge on any atom is -0.444 e. The zero-order valence-corrected chi connectivity index (χ0v) is 14.1. The maximum absolute atomic E-state index is 12.4. The van der Waals surface area contributed by atoms with Gasteiger partial charge in [-0.2, -0.15) is 0 Å². The van der Waals surface area contributed by atoms with Crippen LogP contribution >= 0.6 is 0 Å². The van der Waals surface area contributed by atoms with Gasteiger partial charge in [0.25, 0.3) is 0 Å². The van der Waals surface area contributed by atoms with Crippen molar-refractivity contribution in [1.29, 1.82) is 0 Å². The van der Waals surface area contributed by atoms with E-state index in [4.69, 9.17) is 9.47 Å². The summed E-state index contributed by atoms with van der Waals surface area (Å²) in [6.07, 6.45) is 2.24. The van der Waals surface area contributed by atoms with E-state index in [1.165, 1.54) is 0 Å². The third-order valence-electron chi connectivity index (χ3n) is 4.03. The van der Waals surface area contributed by atoms with Crippen molar-refractivity contribution in [1.82, 2.24) is 9.80 Å². The highest BCUT2D eigenvalue weighted by Crippen LogP contribution is 2.19. The lowest BCUT2D eigenvalue weighted by atomic mass is 10.1. The number of amides is 2. The molecule has 2 amide bonds. The van der Waals surface area contributed by atoms with Crippen molar-refractivity contribution >= 4 is 12.0 Å². The fraction of sp³-hybridized carbons (Fsp3) is 0.875. The highest BCUT2D eigenvalue weighted by molar-refractivity contribution is 5.77. The van der Waals surface area contributed by atoms with E-state index in [9.17, 15) is 9.59 Å². The Morgan fingerprint density at radius 2 is 2.00 bits per heavy atom. The van der Waals surface area contributed by atoms with Crippen LogP contribution in [0, 0.1) is 0 Å². The van der Waals surface area contributed by atoms with Gasteiger partial charge in [0.2, 0.25) is 5.91 Å². The van der Waals surface area contributed by atoms with Crippen molar-refractivity contribution in [2.75, 3.05) is 26.2 Å². The van der Waals surface area contributed by atoms with Crippen molar-refractivity contribution in [3.8, 4) is 0 Å². The molecular weight excluding hydrogens is 284 g/mol. The van der Waals surface area contributed by atoms with E-state index < -0.39 is 5.60 Å². The molecular formula is C16H28N2O4. The average molecular weight is 312 g/mol. The monoisotopic (exact) mass is 312 g/mol. The number of hydrogen-bond acceptors (Lipinski definition) is 4. The van der Waals surface area contributed by atoms with Crippen molar-refractivity contribution in [2.45, 2.75) is 64.7 Å². The van der Waals surface area contributed by atoms with Crippen LogP contribution in [-0.4, -0.2) is 65.8 Å². The Kier molecular flexibility index (Phi) is 5.32. The highest BCUT2D eigenvalue weighted by Gasteiger charge is 2.33. The van der Waals surface area contributed by atoms with E-state index >= 15 is 0 Å².